The first kappa shape index (κ1) is 18.6. The number of benzene rings is 2. The zero-order valence-electron chi connectivity index (χ0n) is 13.2. The summed E-state index contributed by atoms with van der Waals surface area (Å²) in [5, 5.41) is 0.688. The van der Waals surface area contributed by atoms with Gasteiger partial charge in [-0.05, 0) is 64.1 Å². The lowest BCUT2D eigenvalue weighted by molar-refractivity contribution is -0.134. The molecule has 0 N–H and O–H groups in total. The topological polar surface area (TPSA) is 44.8 Å². The summed E-state index contributed by atoms with van der Waals surface area (Å²) in [6, 6.07) is 11.2. The molecule has 0 spiro atoms. The van der Waals surface area contributed by atoms with Gasteiger partial charge < -0.3 is 14.2 Å². The predicted octanol–water partition coefficient (Wildman–Crippen LogP) is 4.72. The molecule has 0 saturated heterocycles. The third-order valence-electron chi connectivity index (χ3n) is 3.16. The summed E-state index contributed by atoms with van der Waals surface area (Å²) in [5.41, 5.74) is 1.83. The number of ether oxygens (including phenoxy) is 3. The quantitative estimate of drug-likeness (QED) is 0.357. The molecule has 2 aromatic carbocycles. The fourth-order valence-electron chi connectivity index (χ4n) is 1.94. The zero-order chi connectivity index (χ0) is 17.5. The fourth-order valence-corrected chi connectivity index (χ4v) is 2.85. The second-order valence-corrected chi connectivity index (χ2v) is 6.40. The molecule has 0 aliphatic carbocycles. The summed E-state index contributed by atoms with van der Waals surface area (Å²) < 4.78 is 16.8. The average Bonchev–Trinajstić information content (AvgIpc) is 2.59. The molecule has 2 rings (SSSR count). The van der Waals surface area contributed by atoms with E-state index in [0.29, 0.717) is 23.1 Å². The Hall–Kier alpha value is -1.73. The Morgan fingerprint density at radius 2 is 1.92 bits per heavy atom. The van der Waals surface area contributed by atoms with Crippen LogP contribution in [0.2, 0.25) is 5.02 Å². The molecule has 6 heteroatoms. The van der Waals surface area contributed by atoms with Gasteiger partial charge in [-0.3, -0.25) is 0 Å². The molecule has 126 valence electrons. The first-order valence-electron chi connectivity index (χ1n) is 7.04. The van der Waals surface area contributed by atoms with Gasteiger partial charge in [0, 0.05) is 11.1 Å². The lowest BCUT2D eigenvalue weighted by Gasteiger charge is -2.13. The molecule has 0 fully saturated rings. The monoisotopic (exact) mass is 458 g/mol. The van der Waals surface area contributed by atoms with Gasteiger partial charge in [0.25, 0.3) is 0 Å². The van der Waals surface area contributed by atoms with Crippen LogP contribution in [0.1, 0.15) is 11.1 Å². The van der Waals surface area contributed by atoms with Crippen molar-refractivity contribution in [1.29, 1.82) is 0 Å². The van der Waals surface area contributed by atoms with E-state index in [1.54, 1.807) is 19.3 Å². The van der Waals surface area contributed by atoms with E-state index in [1.165, 1.54) is 13.2 Å². The van der Waals surface area contributed by atoms with Crippen LogP contribution in [0.25, 0.3) is 6.08 Å². The smallest absolute Gasteiger partial charge is 0.330 e. The lowest BCUT2D eigenvalue weighted by atomic mass is 10.2. The van der Waals surface area contributed by atoms with Crippen LogP contribution in [-0.4, -0.2) is 20.2 Å². The number of esters is 1. The maximum Gasteiger partial charge on any atom is 0.330 e. The Bertz CT molecular complexity index is 741. The number of rotatable bonds is 6. The third kappa shape index (κ3) is 5.14. The van der Waals surface area contributed by atoms with Gasteiger partial charge in [0.2, 0.25) is 0 Å². The molecule has 4 nitrogen and oxygen atoms in total. The van der Waals surface area contributed by atoms with E-state index in [1.807, 2.05) is 30.3 Å². The van der Waals surface area contributed by atoms with Gasteiger partial charge in [-0.2, -0.15) is 0 Å². The van der Waals surface area contributed by atoms with Crippen LogP contribution in [-0.2, 0) is 16.1 Å². The fraction of sp³-hybridized carbons (Fsp3) is 0.167. The van der Waals surface area contributed by atoms with Crippen LogP contribution in [0.15, 0.2) is 42.5 Å². The van der Waals surface area contributed by atoms with E-state index in [2.05, 4.69) is 27.3 Å². The van der Waals surface area contributed by atoms with E-state index >= 15 is 0 Å². The minimum absolute atomic E-state index is 0.404. The van der Waals surface area contributed by atoms with Crippen LogP contribution >= 0.6 is 34.2 Å². The van der Waals surface area contributed by atoms with Crippen LogP contribution in [0.5, 0.6) is 11.5 Å². The normalized spacial score (nSPS) is 10.7. The predicted molar refractivity (Wildman–Crippen MR) is 103 cm³/mol. The molecule has 0 saturated carbocycles. The molecule has 2 aromatic rings. The SMILES string of the molecule is COC(=O)/C=C/c1cc(I)c(OCc2ccc(Cl)cc2)c(OC)c1. The van der Waals surface area contributed by atoms with Crippen molar-refractivity contribution < 1.29 is 19.0 Å². The maximum atomic E-state index is 11.2. The van der Waals surface area contributed by atoms with Crippen molar-refractivity contribution in [1.82, 2.24) is 0 Å². The van der Waals surface area contributed by atoms with E-state index in [4.69, 9.17) is 21.1 Å². The van der Waals surface area contributed by atoms with Crippen LogP contribution in [0, 0.1) is 3.57 Å². The van der Waals surface area contributed by atoms with Gasteiger partial charge in [-0.15, -0.1) is 0 Å². The number of carbonyl (C=O) groups excluding carboxylic acids is 1. The second kappa shape index (κ2) is 8.94. The number of hydrogen-bond donors (Lipinski definition) is 0. The van der Waals surface area contributed by atoms with Gasteiger partial charge in [0.1, 0.15) is 6.61 Å². The highest BCUT2D eigenvalue weighted by Gasteiger charge is 2.11. The first-order chi connectivity index (χ1) is 11.5. The molecule has 0 bridgehead atoms. The minimum atomic E-state index is -0.410. The Kier molecular flexibility index (Phi) is 6.93. The van der Waals surface area contributed by atoms with Crippen molar-refractivity contribution in [3.05, 3.63) is 62.2 Å². The summed E-state index contributed by atoms with van der Waals surface area (Å²) in [4.78, 5) is 11.2. The Balaban J connectivity index is 2.18. The Morgan fingerprint density at radius 3 is 2.54 bits per heavy atom. The molecule has 0 aromatic heterocycles. The molecule has 0 unspecified atom stereocenters. The van der Waals surface area contributed by atoms with E-state index in [-0.39, 0.29) is 0 Å². The number of hydrogen-bond acceptors (Lipinski definition) is 4. The van der Waals surface area contributed by atoms with Crippen molar-refractivity contribution in [2.75, 3.05) is 14.2 Å². The molecular weight excluding hydrogens is 443 g/mol. The Morgan fingerprint density at radius 1 is 1.21 bits per heavy atom. The minimum Gasteiger partial charge on any atom is -0.493 e. The van der Waals surface area contributed by atoms with Gasteiger partial charge >= 0.3 is 5.97 Å². The summed E-state index contributed by atoms with van der Waals surface area (Å²) in [7, 11) is 2.92. The van der Waals surface area contributed by atoms with Crippen molar-refractivity contribution >= 4 is 46.2 Å². The van der Waals surface area contributed by atoms with Crippen molar-refractivity contribution in [2.24, 2.45) is 0 Å². The van der Waals surface area contributed by atoms with Gasteiger partial charge in [-0.1, -0.05) is 23.7 Å². The highest BCUT2D eigenvalue weighted by molar-refractivity contribution is 14.1. The molecule has 24 heavy (non-hydrogen) atoms. The largest absolute Gasteiger partial charge is 0.493 e. The van der Waals surface area contributed by atoms with E-state index in [0.717, 1.165) is 14.7 Å². The zero-order valence-corrected chi connectivity index (χ0v) is 16.1. The second-order valence-electron chi connectivity index (χ2n) is 4.81. The summed E-state index contributed by atoms with van der Waals surface area (Å²) >= 11 is 8.05. The average molecular weight is 459 g/mol. The molecule has 0 heterocycles. The Labute approximate surface area is 159 Å². The van der Waals surface area contributed by atoms with Crippen LogP contribution in [0.3, 0.4) is 0 Å². The number of halogens is 2. The van der Waals surface area contributed by atoms with Gasteiger partial charge in [-0.25, -0.2) is 4.79 Å². The van der Waals surface area contributed by atoms with Gasteiger partial charge in [0.05, 0.1) is 17.8 Å². The van der Waals surface area contributed by atoms with Crippen molar-refractivity contribution in [3.8, 4) is 11.5 Å². The number of carbonyl (C=O) groups is 1. The summed E-state index contributed by atoms with van der Waals surface area (Å²) in [6.45, 7) is 0.404. The van der Waals surface area contributed by atoms with Crippen molar-refractivity contribution in [3.63, 3.8) is 0 Å². The van der Waals surface area contributed by atoms with Gasteiger partial charge in [0.15, 0.2) is 11.5 Å². The van der Waals surface area contributed by atoms with Crippen LogP contribution < -0.4 is 9.47 Å². The molecule has 0 atom stereocenters. The highest BCUT2D eigenvalue weighted by Crippen LogP contribution is 2.35. The third-order valence-corrected chi connectivity index (χ3v) is 4.21. The standard InChI is InChI=1S/C18H16ClIO4/c1-22-16-10-13(5-8-17(21)23-2)9-15(20)18(16)24-11-12-3-6-14(19)7-4-12/h3-10H,11H2,1-2H3/b8-5+. The molecule has 0 amide bonds. The molecule has 0 aliphatic heterocycles. The highest BCUT2D eigenvalue weighted by atomic mass is 127. The summed E-state index contributed by atoms with van der Waals surface area (Å²) in [6.07, 6.45) is 3.03. The van der Waals surface area contributed by atoms with Crippen LogP contribution in [0.4, 0.5) is 0 Å². The first-order valence-corrected chi connectivity index (χ1v) is 8.50. The lowest BCUT2D eigenvalue weighted by Crippen LogP contribution is -2.00. The molecule has 0 radical (unpaired) electrons. The number of methoxy groups -OCH3 is 2. The van der Waals surface area contributed by atoms with E-state index in [9.17, 15) is 4.79 Å². The molecular formula is C18H16ClIO4. The maximum absolute atomic E-state index is 11.2. The van der Waals surface area contributed by atoms with Crippen molar-refractivity contribution in [2.45, 2.75) is 6.61 Å². The molecule has 0 aliphatic rings. The van der Waals surface area contributed by atoms with E-state index < -0.39 is 5.97 Å². The summed E-state index contributed by atoms with van der Waals surface area (Å²) in [5.74, 6) is 0.843.